The van der Waals surface area contributed by atoms with Gasteiger partial charge in [0, 0.05) is 23.8 Å². The van der Waals surface area contributed by atoms with Gasteiger partial charge in [-0.05, 0) is 29.7 Å². The lowest BCUT2D eigenvalue weighted by Crippen LogP contribution is -2.14. The predicted molar refractivity (Wildman–Crippen MR) is 77.1 cm³/mol. The van der Waals surface area contributed by atoms with Crippen LogP contribution >= 0.6 is 0 Å². The van der Waals surface area contributed by atoms with Gasteiger partial charge < -0.3 is 11.1 Å². The molecule has 1 aromatic carbocycles. The molecule has 3 N–H and O–H groups in total. The molecule has 1 aromatic heterocycles. The van der Waals surface area contributed by atoms with Crippen LogP contribution in [0, 0.1) is 0 Å². The summed E-state index contributed by atoms with van der Waals surface area (Å²) in [6.07, 6.45) is 3.03. The third-order valence-electron chi connectivity index (χ3n) is 2.91. The van der Waals surface area contributed by atoms with Gasteiger partial charge in [0.15, 0.2) is 0 Å². The summed E-state index contributed by atoms with van der Waals surface area (Å²) in [5.74, 6) is 0.173. The van der Waals surface area contributed by atoms with Gasteiger partial charge in [0.25, 0.3) is 5.91 Å². The molecule has 0 aliphatic rings. The maximum absolute atomic E-state index is 12.1. The van der Waals surface area contributed by atoms with Crippen LogP contribution in [0.3, 0.4) is 0 Å². The molecule has 0 radical (unpaired) electrons. The lowest BCUT2D eigenvalue weighted by atomic mass is 10.0. The van der Waals surface area contributed by atoms with Crippen LogP contribution in [-0.2, 0) is 0 Å². The highest BCUT2D eigenvalue weighted by molar-refractivity contribution is 6.07. The summed E-state index contributed by atoms with van der Waals surface area (Å²) in [4.78, 5) is 16.0. The normalized spacial score (nSPS) is 10.5. The van der Waals surface area contributed by atoms with Crippen molar-refractivity contribution in [1.82, 2.24) is 4.98 Å². The smallest absolute Gasteiger partial charge is 0.259 e. The number of carbonyl (C=O) groups excluding carboxylic acids is 1. The van der Waals surface area contributed by atoms with Gasteiger partial charge in [-0.2, -0.15) is 0 Å². The summed E-state index contributed by atoms with van der Waals surface area (Å²) in [7, 11) is 0. The fourth-order valence-corrected chi connectivity index (χ4v) is 1.77. The van der Waals surface area contributed by atoms with Gasteiger partial charge in [-0.25, -0.2) is 0 Å². The number of anilines is 2. The van der Waals surface area contributed by atoms with E-state index in [0.29, 0.717) is 17.2 Å². The van der Waals surface area contributed by atoms with Crippen molar-refractivity contribution in [3.05, 3.63) is 53.9 Å². The number of hydrogen-bond donors (Lipinski definition) is 2. The minimum absolute atomic E-state index is 0.244. The van der Waals surface area contributed by atoms with Gasteiger partial charge in [0.05, 0.1) is 5.56 Å². The van der Waals surface area contributed by atoms with Crippen molar-refractivity contribution in [3.63, 3.8) is 0 Å². The molecule has 4 heteroatoms. The van der Waals surface area contributed by atoms with Crippen LogP contribution in [0.2, 0.25) is 0 Å². The molecular weight excluding hydrogens is 238 g/mol. The van der Waals surface area contributed by atoms with Gasteiger partial charge in [-0.1, -0.05) is 26.0 Å². The lowest BCUT2D eigenvalue weighted by Gasteiger charge is -2.10. The topological polar surface area (TPSA) is 68.0 Å². The maximum Gasteiger partial charge on any atom is 0.259 e. The minimum Gasteiger partial charge on any atom is -0.398 e. The fourth-order valence-electron chi connectivity index (χ4n) is 1.77. The summed E-state index contributed by atoms with van der Waals surface area (Å²) < 4.78 is 0. The molecule has 0 unspecified atom stereocenters. The first kappa shape index (κ1) is 13.1. The van der Waals surface area contributed by atoms with Gasteiger partial charge in [-0.3, -0.25) is 9.78 Å². The minimum atomic E-state index is -0.244. The quantitative estimate of drug-likeness (QED) is 0.885. The number of rotatable bonds is 3. The van der Waals surface area contributed by atoms with E-state index in [9.17, 15) is 4.79 Å². The molecule has 0 bridgehead atoms. The Kier molecular flexibility index (Phi) is 3.80. The second-order valence-electron chi connectivity index (χ2n) is 4.70. The Morgan fingerprint density at radius 2 is 2.11 bits per heavy atom. The molecule has 0 aliphatic heterocycles. The van der Waals surface area contributed by atoms with E-state index < -0.39 is 0 Å². The van der Waals surface area contributed by atoms with Gasteiger partial charge >= 0.3 is 0 Å². The Hall–Kier alpha value is -2.36. The van der Waals surface area contributed by atoms with E-state index in [1.165, 1.54) is 11.8 Å². The Labute approximate surface area is 112 Å². The molecule has 1 amide bonds. The van der Waals surface area contributed by atoms with E-state index in [-0.39, 0.29) is 5.91 Å². The van der Waals surface area contributed by atoms with Gasteiger partial charge in [0.1, 0.15) is 0 Å². The van der Waals surface area contributed by atoms with E-state index in [0.717, 1.165) is 5.69 Å². The Morgan fingerprint density at radius 3 is 2.79 bits per heavy atom. The average molecular weight is 255 g/mol. The number of nitrogens with zero attached hydrogens (tertiary/aromatic N) is 1. The predicted octanol–water partition coefficient (Wildman–Crippen LogP) is 3.04. The van der Waals surface area contributed by atoms with Gasteiger partial charge in [0.2, 0.25) is 0 Å². The number of hydrogen-bond acceptors (Lipinski definition) is 3. The molecule has 0 aliphatic carbocycles. The molecule has 2 aromatic rings. The van der Waals surface area contributed by atoms with Crippen LogP contribution in [0.1, 0.15) is 35.7 Å². The molecule has 0 fully saturated rings. The van der Waals surface area contributed by atoms with Crippen LogP contribution < -0.4 is 11.1 Å². The van der Waals surface area contributed by atoms with Crippen molar-refractivity contribution in [2.45, 2.75) is 19.8 Å². The second-order valence-corrected chi connectivity index (χ2v) is 4.70. The Balaban J connectivity index is 2.20. The number of nitrogens with two attached hydrogens (primary N) is 1. The van der Waals surface area contributed by atoms with Crippen molar-refractivity contribution >= 4 is 17.3 Å². The van der Waals surface area contributed by atoms with E-state index in [4.69, 9.17) is 5.73 Å². The van der Waals surface area contributed by atoms with Crippen molar-refractivity contribution in [2.75, 3.05) is 11.1 Å². The summed E-state index contributed by atoms with van der Waals surface area (Å²) in [5.41, 5.74) is 8.50. The molecule has 0 saturated heterocycles. The third kappa shape index (κ3) is 3.10. The zero-order chi connectivity index (χ0) is 13.8. The highest BCUT2D eigenvalue weighted by atomic mass is 16.1. The number of pyridine rings is 1. The highest BCUT2D eigenvalue weighted by Crippen LogP contribution is 2.19. The summed E-state index contributed by atoms with van der Waals surface area (Å²) in [6, 6.07) is 9.40. The van der Waals surface area contributed by atoms with Crippen molar-refractivity contribution in [2.24, 2.45) is 0 Å². The van der Waals surface area contributed by atoms with E-state index in [1.54, 1.807) is 12.3 Å². The number of carbonyl (C=O) groups is 1. The first-order chi connectivity index (χ1) is 9.08. The molecule has 2 rings (SSSR count). The number of amides is 1. The number of aromatic nitrogens is 1. The molecule has 0 saturated carbocycles. The van der Waals surface area contributed by atoms with Crippen molar-refractivity contribution in [3.8, 4) is 0 Å². The van der Waals surface area contributed by atoms with E-state index in [2.05, 4.69) is 24.1 Å². The largest absolute Gasteiger partial charge is 0.398 e. The van der Waals surface area contributed by atoms with Crippen LogP contribution in [0.25, 0.3) is 0 Å². The molecule has 1 heterocycles. The maximum atomic E-state index is 12.1. The van der Waals surface area contributed by atoms with Crippen LogP contribution in [0.4, 0.5) is 11.4 Å². The van der Waals surface area contributed by atoms with E-state index >= 15 is 0 Å². The average Bonchev–Trinajstić information content (AvgIpc) is 2.39. The first-order valence-electron chi connectivity index (χ1n) is 6.18. The summed E-state index contributed by atoms with van der Waals surface area (Å²) in [6.45, 7) is 4.22. The molecule has 0 spiro atoms. The number of nitrogen functional groups attached to an aromatic ring is 1. The zero-order valence-corrected chi connectivity index (χ0v) is 11.1. The number of benzene rings is 1. The zero-order valence-electron chi connectivity index (χ0n) is 11.1. The number of nitrogens with one attached hydrogen (secondary N) is 1. The monoisotopic (exact) mass is 255 g/mol. The lowest BCUT2D eigenvalue weighted by molar-refractivity contribution is 0.102. The Bertz CT molecular complexity index is 593. The standard InChI is InChI=1S/C15H17N3O/c1-10(2)11-4-3-5-12(8-11)18-15(19)13-9-17-7-6-14(13)16/h3-10H,1-2H3,(H2,16,17)(H,18,19). The molecule has 0 atom stereocenters. The Morgan fingerprint density at radius 1 is 1.32 bits per heavy atom. The summed E-state index contributed by atoms with van der Waals surface area (Å²) in [5, 5.41) is 2.84. The molecule has 4 nitrogen and oxygen atoms in total. The van der Waals surface area contributed by atoms with Crippen LogP contribution in [0.5, 0.6) is 0 Å². The molecular formula is C15H17N3O. The van der Waals surface area contributed by atoms with Crippen LogP contribution in [0.15, 0.2) is 42.7 Å². The first-order valence-corrected chi connectivity index (χ1v) is 6.18. The summed E-state index contributed by atoms with van der Waals surface area (Å²) >= 11 is 0. The van der Waals surface area contributed by atoms with Crippen molar-refractivity contribution < 1.29 is 4.79 Å². The third-order valence-corrected chi connectivity index (χ3v) is 2.91. The second kappa shape index (κ2) is 5.52. The van der Waals surface area contributed by atoms with Gasteiger partial charge in [-0.15, -0.1) is 0 Å². The van der Waals surface area contributed by atoms with Crippen LogP contribution in [-0.4, -0.2) is 10.9 Å². The fraction of sp³-hybridized carbons (Fsp3) is 0.200. The SMILES string of the molecule is CC(C)c1cccc(NC(=O)c2cnccc2N)c1. The molecule has 19 heavy (non-hydrogen) atoms. The highest BCUT2D eigenvalue weighted by Gasteiger charge is 2.10. The van der Waals surface area contributed by atoms with E-state index in [1.807, 2.05) is 24.3 Å². The van der Waals surface area contributed by atoms with Crippen molar-refractivity contribution in [1.29, 1.82) is 0 Å². The molecule has 98 valence electrons.